The first kappa shape index (κ1) is 28.0. The molecule has 0 radical (unpaired) electrons. The lowest BCUT2D eigenvalue weighted by Crippen LogP contribution is -2.50. The molecule has 2 aromatic rings. The lowest BCUT2D eigenvalue weighted by Gasteiger charge is -2.31. The van der Waals surface area contributed by atoms with Gasteiger partial charge in [-0.25, -0.2) is 8.42 Å². The molecular weight excluding hydrogens is 498 g/mol. The summed E-state index contributed by atoms with van der Waals surface area (Å²) in [5.41, 5.74) is 1.39. The zero-order valence-corrected chi connectivity index (χ0v) is 22.6. The molecule has 0 unspecified atom stereocenters. The Balaban J connectivity index is 1.70. The maximum absolute atomic E-state index is 13.4. The van der Waals surface area contributed by atoms with Crippen LogP contribution in [0.5, 0.6) is 0 Å². The summed E-state index contributed by atoms with van der Waals surface area (Å²) < 4.78 is 26.0. The molecule has 196 valence electrons. The van der Waals surface area contributed by atoms with Crippen molar-refractivity contribution >= 4 is 39.1 Å². The largest absolute Gasteiger partial charge is 0.352 e. The van der Waals surface area contributed by atoms with Crippen LogP contribution in [0.2, 0.25) is 5.02 Å². The SMILES string of the molecule is C[C@H](C(=O)NC1CCCCC1)N(Cc1cccc(Cl)c1)C(=O)CCCN(c1ccccc1)S(C)(=O)=O. The highest BCUT2D eigenvalue weighted by Gasteiger charge is 2.28. The molecule has 2 amide bonds. The van der Waals surface area contributed by atoms with Crippen LogP contribution in [0.15, 0.2) is 54.6 Å². The van der Waals surface area contributed by atoms with Gasteiger partial charge in [-0.1, -0.05) is 61.2 Å². The number of carbonyl (C=O) groups excluding carboxylic acids is 2. The average molecular weight is 534 g/mol. The lowest BCUT2D eigenvalue weighted by atomic mass is 9.95. The van der Waals surface area contributed by atoms with Gasteiger partial charge in [0.15, 0.2) is 0 Å². The molecule has 1 saturated carbocycles. The van der Waals surface area contributed by atoms with E-state index < -0.39 is 16.1 Å². The van der Waals surface area contributed by atoms with Gasteiger partial charge in [-0.3, -0.25) is 13.9 Å². The molecule has 1 fully saturated rings. The molecule has 36 heavy (non-hydrogen) atoms. The van der Waals surface area contributed by atoms with E-state index >= 15 is 0 Å². The van der Waals surface area contributed by atoms with Gasteiger partial charge < -0.3 is 10.2 Å². The molecular formula is C27H36ClN3O4S. The number of rotatable bonds is 11. The second-order valence-electron chi connectivity index (χ2n) is 9.45. The molecule has 2 aromatic carbocycles. The van der Waals surface area contributed by atoms with Crippen LogP contribution >= 0.6 is 11.6 Å². The minimum absolute atomic E-state index is 0.112. The second-order valence-corrected chi connectivity index (χ2v) is 11.8. The fourth-order valence-corrected chi connectivity index (χ4v) is 5.76. The fourth-order valence-electron chi connectivity index (χ4n) is 4.58. The highest BCUT2D eigenvalue weighted by Crippen LogP contribution is 2.21. The number of hydrogen-bond acceptors (Lipinski definition) is 4. The predicted molar refractivity (Wildman–Crippen MR) is 144 cm³/mol. The van der Waals surface area contributed by atoms with Crippen LogP contribution in [0.25, 0.3) is 0 Å². The van der Waals surface area contributed by atoms with Gasteiger partial charge in [0, 0.05) is 30.6 Å². The average Bonchev–Trinajstić information content (AvgIpc) is 2.85. The van der Waals surface area contributed by atoms with Crippen LogP contribution in [-0.4, -0.2) is 50.0 Å². The summed E-state index contributed by atoms with van der Waals surface area (Å²) in [6.07, 6.45) is 6.90. The molecule has 1 atom stereocenters. The van der Waals surface area contributed by atoms with E-state index in [-0.39, 0.29) is 37.4 Å². The number of hydrogen-bond donors (Lipinski definition) is 1. The number of nitrogens with zero attached hydrogens (tertiary/aromatic N) is 2. The van der Waals surface area contributed by atoms with E-state index in [0.29, 0.717) is 17.1 Å². The van der Waals surface area contributed by atoms with E-state index in [9.17, 15) is 18.0 Å². The first-order chi connectivity index (χ1) is 17.1. The summed E-state index contributed by atoms with van der Waals surface area (Å²) >= 11 is 6.15. The van der Waals surface area contributed by atoms with Crippen LogP contribution in [0.3, 0.4) is 0 Å². The van der Waals surface area contributed by atoms with Crippen LogP contribution < -0.4 is 9.62 Å². The van der Waals surface area contributed by atoms with E-state index in [1.807, 2.05) is 18.2 Å². The van der Waals surface area contributed by atoms with Gasteiger partial charge in [-0.05, 0) is 56.0 Å². The summed E-state index contributed by atoms with van der Waals surface area (Å²) in [5.74, 6) is -0.373. The summed E-state index contributed by atoms with van der Waals surface area (Å²) in [7, 11) is -3.51. The third kappa shape index (κ3) is 8.23. The van der Waals surface area contributed by atoms with Gasteiger partial charge in [-0.15, -0.1) is 0 Å². The highest BCUT2D eigenvalue weighted by molar-refractivity contribution is 7.92. The van der Waals surface area contributed by atoms with Crippen molar-refractivity contribution in [3.05, 3.63) is 65.2 Å². The van der Waals surface area contributed by atoms with Crippen molar-refractivity contribution < 1.29 is 18.0 Å². The third-order valence-corrected chi connectivity index (χ3v) is 7.99. The van der Waals surface area contributed by atoms with Crippen LogP contribution in [0.4, 0.5) is 5.69 Å². The number of para-hydroxylation sites is 1. The van der Waals surface area contributed by atoms with Gasteiger partial charge in [0.05, 0.1) is 11.9 Å². The molecule has 0 spiro atoms. The van der Waals surface area contributed by atoms with Crippen LogP contribution in [-0.2, 0) is 26.2 Å². The van der Waals surface area contributed by atoms with Gasteiger partial charge in [0.1, 0.15) is 6.04 Å². The Morgan fingerprint density at radius 2 is 1.75 bits per heavy atom. The molecule has 0 saturated heterocycles. The van der Waals surface area contributed by atoms with Gasteiger partial charge in [-0.2, -0.15) is 0 Å². The smallest absolute Gasteiger partial charge is 0.242 e. The Labute approximate surface area is 219 Å². The van der Waals surface area contributed by atoms with Crippen molar-refractivity contribution in [1.82, 2.24) is 10.2 Å². The molecule has 0 bridgehead atoms. The molecule has 0 aromatic heterocycles. The number of amides is 2. The highest BCUT2D eigenvalue weighted by atomic mass is 35.5. The maximum Gasteiger partial charge on any atom is 0.242 e. The van der Waals surface area contributed by atoms with Crippen molar-refractivity contribution in [2.75, 3.05) is 17.1 Å². The van der Waals surface area contributed by atoms with E-state index in [1.54, 1.807) is 48.2 Å². The number of anilines is 1. The predicted octanol–water partition coefficient (Wildman–Crippen LogP) is 4.75. The summed E-state index contributed by atoms with van der Waals surface area (Å²) in [6.45, 7) is 2.16. The molecule has 1 aliphatic rings. The first-order valence-electron chi connectivity index (χ1n) is 12.5. The van der Waals surface area contributed by atoms with Crippen molar-refractivity contribution in [3.63, 3.8) is 0 Å². The Bertz CT molecular complexity index is 1120. The van der Waals surface area contributed by atoms with Gasteiger partial charge in [0.25, 0.3) is 0 Å². The van der Waals surface area contributed by atoms with Crippen molar-refractivity contribution in [1.29, 1.82) is 0 Å². The number of nitrogens with one attached hydrogen (secondary N) is 1. The molecule has 0 aliphatic heterocycles. The summed E-state index contributed by atoms with van der Waals surface area (Å²) in [4.78, 5) is 28.0. The van der Waals surface area contributed by atoms with E-state index in [0.717, 1.165) is 37.5 Å². The van der Waals surface area contributed by atoms with Crippen molar-refractivity contribution in [2.24, 2.45) is 0 Å². The zero-order chi connectivity index (χ0) is 26.1. The Hall–Kier alpha value is -2.58. The van der Waals surface area contributed by atoms with Crippen LogP contribution in [0, 0.1) is 0 Å². The van der Waals surface area contributed by atoms with Crippen LogP contribution in [0.1, 0.15) is 57.4 Å². The topological polar surface area (TPSA) is 86.8 Å². The van der Waals surface area contributed by atoms with Crippen molar-refractivity contribution in [2.45, 2.75) is 70.5 Å². The van der Waals surface area contributed by atoms with E-state index in [2.05, 4.69) is 5.32 Å². The van der Waals surface area contributed by atoms with E-state index in [4.69, 9.17) is 11.6 Å². The number of carbonyl (C=O) groups is 2. The Kier molecular flexibility index (Phi) is 10.2. The number of sulfonamides is 1. The summed E-state index contributed by atoms with van der Waals surface area (Å²) in [5, 5.41) is 3.68. The van der Waals surface area contributed by atoms with E-state index in [1.165, 1.54) is 10.7 Å². The minimum atomic E-state index is -3.51. The third-order valence-electron chi connectivity index (χ3n) is 6.56. The monoisotopic (exact) mass is 533 g/mol. The Morgan fingerprint density at radius 3 is 2.39 bits per heavy atom. The number of halogens is 1. The molecule has 0 heterocycles. The lowest BCUT2D eigenvalue weighted by molar-refractivity contribution is -0.141. The van der Waals surface area contributed by atoms with Gasteiger partial charge in [0.2, 0.25) is 21.8 Å². The maximum atomic E-state index is 13.4. The summed E-state index contributed by atoms with van der Waals surface area (Å²) in [6, 6.07) is 15.5. The van der Waals surface area contributed by atoms with Crippen molar-refractivity contribution in [3.8, 4) is 0 Å². The quantitative estimate of drug-likeness (QED) is 0.451. The second kappa shape index (κ2) is 13.1. The van der Waals surface area contributed by atoms with Gasteiger partial charge >= 0.3 is 0 Å². The minimum Gasteiger partial charge on any atom is -0.352 e. The fraction of sp³-hybridized carbons (Fsp3) is 0.481. The number of benzene rings is 2. The standard InChI is InChI=1S/C27H36ClN3O4S/c1-21(27(33)29-24-13-5-3-6-14-24)30(20-22-11-9-12-23(28)19-22)26(32)17-10-18-31(36(2,34)35)25-15-7-4-8-16-25/h4,7-9,11-12,15-16,19,21,24H,3,5-6,10,13-14,17-18,20H2,1-2H3,(H,29,33)/t21-/m1/s1. The molecule has 3 rings (SSSR count). The molecule has 1 N–H and O–H groups in total. The zero-order valence-electron chi connectivity index (χ0n) is 21.0. The molecule has 1 aliphatic carbocycles. The first-order valence-corrected chi connectivity index (χ1v) is 14.7. The molecule has 9 heteroatoms. The Morgan fingerprint density at radius 1 is 1.06 bits per heavy atom. The normalized spacial score (nSPS) is 15.2. The molecule has 7 nitrogen and oxygen atoms in total.